The summed E-state index contributed by atoms with van der Waals surface area (Å²) in [6.07, 6.45) is -0.126. The molecule has 0 bridgehead atoms. The van der Waals surface area contributed by atoms with Crippen LogP contribution in [0.2, 0.25) is 5.02 Å². The van der Waals surface area contributed by atoms with Crippen LogP contribution in [0.4, 0.5) is 5.69 Å². The SMILES string of the molecule is Cc1ccc(N2C(=O)CCS2(=O)=O)cc1S(=O)(=O)NCC(c1ccccc1Cl)N(C)C. The predicted molar refractivity (Wildman–Crippen MR) is 120 cm³/mol. The summed E-state index contributed by atoms with van der Waals surface area (Å²) >= 11 is 6.29. The van der Waals surface area contributed by atoms with E-state index < -0.39 is 26.0 Å². The molecule has 1 saturated heterocycles. The highest BCUT2D eigenvalue weighted by atomic mass is 35.5. The van der Waals surface area contributed by atoms with Crippen LogP contribution in [0.25, 0.3) is 0 Å². The molecule has 0 aliphatic carbocycles. The molecule has 1 amide bonds. The van der Waals surface area contributed by atoms with E-state index in [0.717, 1.165) is 5.56 Å². The lowest BCUT2D eigenvalue weighted by Crippen LogP contribution is -2.35. The van der Waals surface area contributed by atoms with Gasteiger partial charge in [-0.15, -0.1) is 0 Å². The summed E-state index contributed by atoms with van der Waals surface area (Å²) in [5, 5.41) is 0.524. The zero-order valence-corrected chi connectivity index (χ0v) is 19.8. The Morgan fingerprint density at radius 3 is 2.45 bits per heavy atom. The Morgan fingerprint density at radius 1 is 1.19 bits per heavy atom. The van der Waals surface area contributed by atoms with E-state index in [9.17, 15) is 21.6 Å². The first-order valence-corrected chi connectivity index (χ1v) is 13.0. The van der Waals surface area contributed by atoms with Crippen LogP contribution in [0.5, 0.6) is 0 Å². The number of hydrogen-bond acceptors (Lipinski definition) is 6. The van der Waals surface area contributed by atoms with Crippen molar-refractivity contribution < 1.29 is 21.6 Å². The van der Waals surface area contributed by atoms with Crippen molar-refractivity contribution in [1.82, 2.24) is 9.62 Å². The first-order chi connectivity index (χ1) is 14.4. The number of halogens is 1. The number of sulfonamides is 2. The first-order valence-electron chi connectivity index (χ1n) is 9.51. The van der Waals surface area contributed by atoms with Gasteiger partial charge in [0.2, 0.25) is 26.0 Å². The quantitative estimate of drug-likeness (QED) is 0.645. The maximum absolute atomic E-state index is 13.1. The summed E-state index contributed by atoms with van der Waals surface area (Å²) in [5.41, 5.74) is 1.22. The molecule has 1 fully saturated rings. The van der Waals surface area contributed by atoms with Gasteiger partial charge in [-0.25, -0.2) is 25.9 Å². The molecular formula is C20H24ClN3O5S2. The van der Waals surface area contributed by atoms with Gasteiger partial charge >= 0.3 is 0 Å². The standard InChI is InChI=1S/C20H24ClN3O5S2/c1-14-8-9-15(24-20(25)10-11-30(24,26)27)12-19(14)31(28,29)22-13-18(23(2)3)16-6-4-5-7-17(16)21/h4-9,12,18,22H,10-11,13H2,1-3H3. The molecule has 8 nitrogen and oxygen atoms in total. The Hall–Kier alpha value is -1.98. The molecule has 0 spiro atoms. The van der Waals surface area contributed by atoms with Crippen LogP contribution in [0.1, 0.15) is 23.6 Å². The van der Waals surface area contributed by atoms with E-state index in [2.05, 4.69) is 4.72 Å². The van der Waals surface area contributed by atoms with Crippen LogP contribution in [-0.4, -0.2) is 54.0 Å². The lowest BCUT2D eigenvalue weighted by atomic mass is 10.1. The third kappa shape index (κ3) is 4.93. The summed E-state index contributed by atoms with van der Waals surface area (Å²) in [5.74, 6) is -0.867. The topological polar surface area (TPSA) is 104 Å². The van der Waals surface area contributed by atoms with Crippen molar-refractivity contribution in [3.8, 4) is 0 Å². The molecule has 2 aromatic carbocycles. The van der Waals surface area contributed by atoms with E-state index in [1.165, 1.54) is 18.2 Å². The zero-order chi connectivity index (χ0) is 23.0. The van der Waals surface area contributed by atoms with Gasteiger partial charge in [-0.3, -0.25) is 4.79 Å². The average Bonchev–Trinajstić information content (AvgIpc) is 2.96. The number of benzene rings is 2. The van der Waals surface area contributed by atoms with Gasteiger partial charge in [-0.1, -0.05) is 35.9 Å². The molecule has 1 N–H and O–H groups in total. The molecular weight excluding hydrogens is 462 g/mol. The smallest absolute Gasteiger partial charge is 0.242 e. The fourth-order valence-electron chi connectivity index (χ4n) is 3.46. The summed E-state index contributed by atoms with van der Waals surface area (Å²) < 4.78 is 53.9. The van der Waals surface area contributed by atoms with Crippen molar-refractivity contribution in [2.24, 2.45) is 0 Å². The fraction of sp³-hybridized carbons (Fsp3) is 0.350. The molecule has 1 unspecified atom stereocenters. The average molecular weight is 486 g/mol. The van der Waals surface area contributed by atoms with Gasteiger partial charge in [-0.05, 0) is 50.3 Å². The minimum absolute atomic E-state index is 0.0174. The van der Waals surface area contributed by atoms with E-state index in [-0.39, 0.29) is 35.3 Å². The number of nitrogens with zero attached hydrogens (tertiary/aromatic N) is 2. The fourth-order valence-corrected chi connectivity index (χ4v) is 6.47. The van der Waals surface area contributed by atoms with Crippen LogP contribution in [0.3, 0.4) is 0 Å². The van der Waals surface area contributed by atoms with Crippen LogP contribution in [0.15, 0.2) is 47.4 Å². The van der Waals surface area contributed by atoms with Crippen molar-refractivity contribution >= 4 is 43.2 Å². The second-order valence-electron chi connectivity index (χ2n) is 7.53. The lowest BCUT2D eigenvalue weighted by Gasteiger charge is -2.26. The number of aryl methyl sites for hydroxylation is 1. The zero-order valence-electron chi connectivity index (χ0n) is 17.4. The minimum Gasteiger partial charge on any atom is -0.301 e. The Labute approximate surface area is 187 Å². The molecule has 31 heavy (non-hydrogen) atoms. The van der Waals surface area contributed by atoms with Crippen molar-refractivity contribution in [3.63, 3.8) is 0 Å². The van der Waals surface area contributed by atoms with Crippen molar-refractivity contribution in [2.45, 2.75) is 24.3 Å². The highest BCUT2D eigenvalue weighted by Gasteiger charge is 2.37. The normalized spacial score (nSPS) is 17.3. The number of likely N-dealkylation sites (N-methyl/N-ethyl adjacent to an activating group) is 1. The highest BCUT2D eigenvalue weighted by molar-refractivity contribution is 7.94. The summed E-state index contributed by atoms with van der Waals surface area (Å²) in [4.78, 5) is 13.8. The van der Waals surface area contributed by atoms with Crippen molar-refractivity contribution in [1.29, 1.82) is 0 Å². The number of hydrogen-bond donors (Lipinski definition) is 1. The molecule has 3 rings (SSSR count). The number of anilines is 1. The molecule has 1 heterocycles. The second kappa shape index (κ2) is 8.87. The molecule has 168 valence electrons. The Kier molecular flexibility index (Phi) is 6.78. The number of carbonyl (C=O) groups is 1. The highest BCUT2D eigenvalue weighted by Crippen LogP contribution is 2.30. The Morgan fingerprint density at radius 2 is 1.87 bits per heavy atom. The lowest BCUT2D eigenvalue weighted by molar-refractivity contribution is -0.116. The first kappa shape index (κ1) is 23.7. The minimum atomic E-state index is -4.00. The molecule has 0 radical (unpaired) electrons. The Bertz CT molecular complexity index is 1210. The van der Waals surface area contributed by atoms with Crippen molar-refractivity contribution in [2.75, 3.05) is 30.7 Å². The maximum atomic E-state index is 13.1. The van der Waals surface area contributed by atoms with E-state index in [1.54, 1.807) is 19.1 Å². The van der Waals surface area contributed by atoms with E-state index in [4.69, 9.17) is 11.6 Å². The third-order valence-electron chi connectivity index (χ3n) is 5.13. The van der Waals surface area contributed by atoms with Gasteiger partial charge < -0.3 is 4.90 Å². The Balaban J connectivity index is 1.91. The van der Waals surface area contributed by atoms with Gasteiger partial charge in [0, 0.05) is 24.0 Å². The molecule has 2 aromatic rings. The van der Waals surface area contributed by atoms with Gasteiger partial charge in [-0.2, -0.15) is 0 Å². The monoisotopic (exact) mass is 485 g/mol. The molecule has 1 aliphatic rings. The summed E-state index contributed by atoms with van der Waals surface area (Å²) in [7, 11) is -4.16. The van der Waals surface area contributed by atoms with Gasteiger partial charge in [0.05, 0.1) is 16.3 Å². The number of nitrogens with one attached hydrogen (secondary N) is 1. The predicted octanol–water partition coefficient (Wildman–Crippen LogP) is 2.30. The molecule has 0 aromatic heterocycles. The second-order valence-corrected chi connectivity index (χ2v) is 11.6. The molecule has 11 heteroatoms. The van der Waals surface area contributed by atoms with Crippen LogP contribution in [0, 0.1) is 6.92 Å². The van der Waals surface area contributed by atoms with Gasteiger partial charge in [0.1, 0.15) is 0 Å². The van der Waals surface area contributed by atoms with E-state index in [0.29, 0.717) is 14.9 Å². The number of amides is 1. The number of rotatable bonds is 7. The largest absolute Gasteiger partial charge is 0.301 e. The van der Waals surface area contributed by atoms with Crippen LogP contribution < -0.4 is 9.03 Å². The van der Waals surface area contributed by atoms with Crippen molar-refractivity contribution in [3.05, 3.63) is 58.6 Å². The van der Waals surface area contributed by atoms with Crippen LogP contribution in [-0.2, 0) is 24.8 Å². The number of carbonyl (C=O) groups excluding carboxylic acids is 1. The van der Waals surface area contributed by atoms with Gasteiger partial charge in [0.15, 0.2) is 0 Å². The molecule has 1 atom stereocenters. The maximum Gasteiger partial charge on any atom is 0.242 e. The van der Waals surface area contributed by atoms with E-state index in [1.807, 2.05) is 31.1 Å². The molecule has 0 saturated carbocycles. The van der Waals surface area contributed by atoms with Crippen LogP contribution >= 0.6 is 11.6 Å². The summed E-state index contributed by atoms with van der Waals surface area (Å²) in [6.45, 7) is 1.65. The van der Waals surface area contributed by atoms with Gasteiger partial charge in [0.25, 0.3) is 0 Å². The molecule has 1 aliphatic heterocycles. The summed E-state index contributed by atoms with van der Waals surface area (Å²) in [6, 6.07) is 11.0. The third-order valence-corrected chi connectivity index (χ3v) is 8.73. The van der Waals surface area contributed by atoms with E-state index >= 15 is 0 Å².